The molecule has 3 aliphatic rings. The average molecular weight is 340 g/mol. The van der Waals surface area contributed by atoms with E-state index >= 15 is 0 Å². The van der Waals surface area contributed by atoms with Crippen molar-refractivity contribution < 1.29 is 0 Å². The van der Waals surface area contributed by atoms with Crippen LogP contribution in [0.1, 0.15) is 56.7 Å². The molecule has 4 heterocycles. The lowest BCUT2D eigenvalue weighted by Gasteiger charge is -2.27. The predicted molar refractivity (Wildman–Crippen MR) is 98.9 cm³/mol. The molecule has 2 bridgehead atoms. The Kier molecular flexibility index (Phi) is 3.69. The number of hydrogen-bond donors (Lipinski definition) is 0. The smallest absolute Gasteiger partial charge is 0.163 e. The molecule has 0 unspecified atom stereocenters. The minimum absolute atomic E-state index is 0.532. The van der Waals surface area contributed by atoms with Crippen LogP contribution in [0.5, 0.6) is 0 Å². The second-order valence-corrected chi connectivity index (χ2v) is 8.18. The van der Waals surface area contributed by atoms with Crippen LogP contribution in [0.25, 0.3) is 11.0 Å². The summed E-state index contributed by atoms with van der Waals surface area (Å²) >= 11 is 0. The summed E-state index contributed by atoms with van der Waals surface area (Å²) in [6.07, 6.45) is 10.9. The molecule has 2 aromatic rings. The molecule has 25 heavy (non-hydrogen) atoms. The molecule has 6 heteroatoms. The molecule has 2 aliphatic heterocycles. The Bertz CT molecular complexity index is 778. The first-order valence-corrected chi connectivity index (χ1v) is 9.87. The van der Waals surface area contributed by atoms with Gasteiger partial charge in [-0.05, 0) is 39.2 Å². The summed E-state index contributed by atoms with van der Waals surface area (Å²) in [5, 5.41) is 5.60. The molecule has 3 fully saturated rings. The van der Waals surface area contributed by atoms with E-state index < -0.39 is 0 Å². The molecule has 134 valence electrons. The number of hydrogen-bond acceptors (Lipinski definition) is 5. The molecule has 1 aliphatic carbocycles. The summed E-state index contributed by atoms with van der Waals surface area (Å²) in [4.78, 5) is 15.1. The van der Waals surface area contributed by atoms with Crippen molar-refractivity contribution in [3.05, 3.63) is 12.0 Å². The van der Waals surface area contributed by atoms with E-state index in [1.165, 1.54) is 44.9 Å². The summed E-state index contributed by atoms with van der Waals surface area (Å²) in [6.45, 7) is 2.18. The molecule has 0 spiro atoms. The third-order valence-corrected chi connectivity index (χ3v) is 6.76. The maximum absolute atomic E-state index is 5.11. The van der Waals surface area contributed by atoms with Crippen LogP contribution >= 0.6 is 0 Å². The average Bonchev–Trinajstić information content (AvgIpc) is 3.29. The number of aromatic nitrogens is 4. The zero-order chi connectivity index (χ0) is 17.0. The molecule has 5 rings (SSSR count). The van der Waals surface area contributed by atoms with Gasteiger partial charge in [0.15, 0.2) is 5.65 Å². The highest BCUT2D eigenvalue weighted by molar-refractivity contribution is 5.87. The topological polar surface area (TPSA) is 50.1 Å². The van der Waals surface area contributed by atoms with E-state index in [1.54, 1.807) is 0 Å². The van der Waals surface area contributed by atoms with Gasteiger partial charge in [-0.2, -0.15) is 5.10 Å². The van der Waals surface area contributed by atoms with Crippen molar-refractivity contribution in [2.75, 3.05) is 25.0 Å². The summed E-state index contributed by atoms with van der Waals surface area (Å²) < 4.78 is 1.91. The van der Waals surface area contributed by atoms with Crippen molar-refractivity contribution in [1.82, 2.24) is 24.6 Å². The van der Waals surface area contributed by atoms with Gasteiger partial charge >= 0.3 is 0 Å². The van der Waals surface area contributed by atoms with Crippen LogP contribution in [-0.4, -0.2) is 56.9 Å². The van der Waals surface area contributed by atoms with Gasteiger partial charge in [0.2, 0.25) is 0 Å². The standard InChI is InChI=1S/C19H28N6/c1-23-14-7-8-15(23)12-25(10-9-14)19-16-11-20-24(2)18(16)21-17(22-19)13-5-3-4-6-13/h11,13-15H,3-10,12H2,1-2H3/t14-,15+/m0/s1. The quantitative estimate of drug-likeness (QED) is 0.841. The van der Waals surface area contributed by atoms with Gasteiger partial charge in [0, 0.05) is 38.1 Å². The highest BCUT2D eigenvalue weighted by atomic mass is 15.3. The largest absolute Gasteiger partial charge is 0.354 e. The van der Waals surface area contributed by atoms with Gasteiger partial charge in [-0.15, -0.1) is 0 Å². The SMILES string of the molecule is CN1[C@H]2CC[C@@H]1CN(c1nc(C3CCCC3)nc3c1cnn3C)CC2. The normalized spacial score (nSPS) is 28.2. The number of aryl methyl sites for hydroxylation is 1. The van der Waals surface area contributed by atoms with Crippen LogP contribution in [0.15, 0.2) is 6.20 Å². The molecule has 0 amide bonds. The first kappa shape index (κ1) is 15.6. The monoisotopic (exact) mass is 340 g/mol. The maximum Gasteiger partial charge on any atom is 0.163 e. The van der Waals surface area contributed by atoms with E-state index in [-0.39, 0.29) is 0 Å². The van der Waals surface area contributed by atoms with Crippen molar-refractivity contribution in [3.8, 4) is 0 Å². The van der Waals surface area contributed by atoms with Crippen molar-refractivity contribution in [2.45, 2.75) is 62.9 Å². The lowest BCUT2D eigenvalue weighted by Crippen LogP contribution is -2.37. The first-order valence-electron chi connectivity index (χ1n) is 9.87. The minimum atomic E-state index is 0.532. The van der Waals surface area contributed by atoms with Crippen molar-refractivity contribution in [2.24, 2.45) is 7.05 Å². The van der Waals surface area contributed by atoms with E-state index in [9.17, 15) is 0 Å². The third-order valence-electron chi connectivity index (χ3n) is 6.76. The van der Waals surface area contributed by atoms with E-state index in [4.69, 9.17) is 9.97 Å². The Morgan fingerprint density at radius 2 is 1.76 bits per heavy atom. The Labute approximate surface area is 149 Å². The lowest BCUT2D eigenvalue weighted by molar-refractivity contribution is 0.254. The van der Waals surface area contributed by atoms with Gasteiger partial charge < -0.3 is 4.90 Å². The van der Waals surface area contributed by atoms with Crippen LogP contribution in [-0.2, 0) is 7.05 Å². The van der Waals surface area contributed by atoms with Crippen LogP contribution in [0.3, 0.4) is 0 Å². The number of fused-ring (bicyclic) bond motifs is 3. The summed E-state index contributed by atoms with van der Waals surface area (Å²) in [5.74, 6) is 2.71. The van der Waals surface area contributed by atoms with Gasteiger partial charge in [-0.3, -0.25) is 9.58 Å². The van der Waals surface area contributed by atoms with Crippen molar-refractivity contribution in [3.63, 3.8) is 0 Å². The zero-order valence-corrected chi connectivity index (χ0v) is 15.4. The third kappa shape index (κ3) is 2.53. The zero-order valence-electron chi connectivity index (χ0n) is 15.4. The number of nitrogens with zero attached hydrogens (tertiary/aromatic N) is 6. The van der Waals surface area contributed by atoms with Gasteiger partial charge in [0.1, 0.15) is 11.6 Å². The molecule has 2 atom stereocenters. The summed E-state index contributed by atoms with van der Waals surface area (Å²) in [5.41, 5.74) is 0.995. The fourth-order valence-electron chi connectivity index (χ4n) is 5.13. The highest BCUT2D eigenvalue weighted by Crippen LogP contribution is 2.36. The summed E-state index contributed by atoms with van der Waals surface area (Å²) in [6, 6.07) is 1.40. The molecule has 6 nitrogen and oxygen atoms in total. The van der Waals surface area contributed by atoms with E-state index in [0.717, 1.165) is 41.8 Å². The number of anilines is 1. The number of rotatable bonds is 2. The Morgan fingerprint density at radius 1 is 0.960 bits per heavy atom. The van der Waals surface area contributed by atoms with Crippen LogP contribution in [0.4, 0.5) is 5.82 Å². The molecule has 1 saturated carbocycles. The maximum atomic E-state index is 5.11. The summed E-state index contributed by atoms with van der Waals surface area (Å²) in [7, 11) is 4.30. The first-order chi connectivity index (χ1) is 12.2. The van der Waals surface area contributed by atoms with Crippen molar-refractivity contribution >= 4 is 16.9 Å². The Hall–Kier alpha value is -1.69. The fourth-order valence-corrected chi connectivity index (χ4v) is 5.13. The molecular weight excluding hydrogens is 312 g/mol. The lowest BCUT2D eigenvalue weighted by atomic mass is 10.1. The highest BCUT2D eigenvalue weighted by Gasteiger charge is 2.36. The van der Waals surface area contributed by atoms with Crippen LogP contribution in [0.2, 0.25) is 0 Å². The van der Waals surface area contributed by atoms with Gasteiger partial charge in [-0.1, -0.05) is 12.8 Å². The second-order valence-electron chi connectivity index (χ2n) is 8.18. The molecule has 2 aromatic heterocycles. The number of likely N-dealkylation sites (N-methyl/N-ethyl adjacent to an activating group) is 1. The Morgan fingerprint density at radius 3 is 2.60 bits per heavy atom. The van der Waals surface area contributed by atoms with Crippen LogP contribution < -0.4 is 4.90 Å². The van der Waals surface area contributed by atoms with Crippen LogP contribution in [0, 0.1) is 0 Å². The molecule has 0 N–H and O–H groups in total. The fraction of sp³-hybridized carbons (Fsp3) is 0.737. The second kappa shape index (κ2) is 5.94. The molecule has 2 saturated heterocycles. The van der Waals surface area contributed by atoms with E-state index in [0.29, 0.717) is 12.0 Å². The van der Waals surface area contributed by atoms with E-state index in [2.05, 4.69) is 21.9 Å². The van der Waals surface area contributed by atoms with Gasteiger partial charge in [0.05, 0.1) is 11.6 Å². The minimum Gasteiger partial charge on any atom is -0.354 e. The molecular formula is C19H28N6. The Balaban J connectivity index is 1.57. The molecule has 0 radical (unpaired) electrons. The van der Waals surface area contributed by atoms with Crippen molar-refractivity contribution in [1.29, 1.82) is 0 Å². The predicted octanol–water partition coefficient (Wildman–Crippen LogP) is 2.69. The molecule has 0 aromatic carbocycles. The van der Waals surface area contributed by atoms with E-state index in [1.807, 2.05) is 17.9 Å². The van der Waals surface area contributed by atoms with Gasteiger partial charge in [-0.25, -0.2) is 9.97 Å². The van der Waals surface area contributed by atoms with Gasteiger partial charge in [0.25, 0.3) is 0 Å².